The highest BCUT2D eigenvalue weighted by atomic mass is 79.9. The quantitative estimate of drug-likeness (QED) is 0.824. The van der Waals surface area contributed by atoms with Crippen LogP contribution in [-0.4, -0.2) is 28.1 Å². The minimum Gasteiger partial charge on any atom is -0.356 e. The lowest BCUT2D eigenvalue weighted by atomic mass is 10.2. The highest BCUT2D eigenvalue weighted by molar-refractivity contribution is 9.10. The van der Waals surface area contributed by atoms with E-state index in [1.807, 2.05) is 11.8 Å². The Bertz CT molecular complexity index is 408. The molecule has 0 bridgehead atoms. The maximum absolute atomic E-state index is 11.6. The molecule has 0 aromatic carbocycles. The van der Waals surface area contributed by atoms with Crippen LogP contribution in [0.3, 0.4) is 0 Å². The van der Waals surface area contributed by atoms with E-state index in [9.17, 15) is 4.79 Å². The van der Waals surface area contributed by atoms with Crippen LogP contribution in [0.5, 0.6) is 0 Å². The second-order valence-corrected chi connectivity index (χ2v) is 5.60. The number of carbonyl (C=O) groups excluding carboxylic acids is 1. The van der Waals surface area contributed by atoms with Gasteiger partial charge in [0.1, 0.15) is 5.69 Å². The standard InChI is InChI=1S/C10H12BrN3OS/c11-7-5-9(12-6-7)10(15)14-13-8-1-3-16-4-2-8/h5-6,12H,1-4H2,(H,14,15). The Kier molecular flexibility index (Phi) is 4.06. The first-order valence-corrected chi connectivity index (χ1v) is 6.98. The molecular formula is C10H12BrN3OS. The summed E-state index contributed by atoms with van der Waals surface area (Å²) in [7, 11) is 0. The van der Waals surface area contributed by atoms with Crippen LogP contribution in [0, 0.1) is 0 Å². The van der Waals surface area contributed by atoms with Gasteiger partial charge in [0.15, 0.2) is 0 Å². The Labute approximate surface area is 106 Å². The Hall–Kier alpha value is -0.750. The largest absolute Gasteiger partial charge is 0.356 e. The minimum absolute atomic E-state index is 0.198. The minimum atomic E-state index is -0.198. The van der Waals surface area contributed by atoms with Crippen molar-refractivity contribution in [3.63, 3.8) is 0 Å². The van der Waals surface area contributed by atoms with Crippen LogP contribution >= 0.6 is 27.7 Å². The van der Waals surface area contributed by atoms with E-state index in [1.54, 1.807) is 12.3 Å². The summed E-state index contributed by atoms with van der Waals surface area (Å²) in [5.74, 6) is 2.00. The number of nitrogens with zero attached hydrogens (tertiary/aromatic N) is 1. The highest BCUT2D eigenvalue weighted by Crippen LogP contribution is 2.14. The molecule has 0 aliphatic carbocycles. The van der Waals surface area contributed by atoms with Gasteiger partial charge in [0.05, 0.1) is 0 Å². The van der Waals surface area contributed by atoms with Crippen molar-refractivity contribution in [3.05, 3.63) is 22.4 Å². The van der Waals surface area contributed by atoms with Crippen molar-refractivity contribution in [2.45, 2.75) is 12.8 Å². The van der Waals surface area contributed by atoms with Crippen LogP contribution in [0.15, 0.2) is 21.8 Å². The van der Waals surface area contributed by atoms with E-state index in [2.05, 4.69) is 31.4 Å². The van der Waals surface area contributed by atoms with Gasteiger partial charge in [0.25, 0.3) is 5.91 Å². The number of nitrogens with one attached hydrogen (secondary N) is 2. The molecule has 1 aromatic heterocycles. The van der Waals surface area contributed by atoms with Gasteiger partial charge in [-0.05, 0) is 46.3 Å². The lowest BCUT2D eigenvalue weighted by Crippen LogP contribution is -2.21. The first-order valence-electron chi connectivity index (χ1n) is 5.03. The van der Waals surface area contributed by atoms with E-state index in [4.69, 9.17) is 0 Å². The fourth-order valence-electron chi connectivity index (χ4n) is 1.41. The van der Waals surface area contributed by atoms with Crippen LogP contribution in [0.1, 0.15) is 23.3 Å². The van der Waals surface area contributed by atoms with Gasteiger partial charge in [-0.1, -0.05) is 0 Å². The lowest BCUT2D eigenvalue weighted by Gasteiger charge is -2.11. The molecule has 2 rings (SSSR count). The molecule has 1 aromatic rings. The lowest BCUT2D eigenvalue weighted by molar-refractivity contribution is 0.0950. The summed E-state index contributed by atoms with van der Waals surface area (Å²) < 4.78 is 0.861. The van der Waals surface area contributed by atoms with E-state index < -0.39 is 0 Å². The van der Waals surface area contributed by atoms with Gasteiger partial charge in [-0.3, -0.25) is 4.79 Å². The van der Waals surface area contributed by atoms with E-state index in [-0.39, 0.29) is 5.91 Å². The van der Waals surface area contributed by atoms with Crippen LogP contribution in [0.2, 0.25) is 0 Å². The molecule has 0 unspecified atom stereocenters. The summed E-state index contributed by atoms with van der Waals surface area (Å²) in [6, 6.07) is 1.73. The van der Waals surface area contributed by atoms with Crippen molar-refractivity contribution >= 4 is 39.3 Å². The number of hydrogen-bond acceptors (Lipinski definition) is 3. The number of rotatable bonds is 2. The smallest absolute Gasteiger partial charge is 0.287 e. The zero-order valence-electron chi connectivity index (χ0n) is 8.62. The number of carbonyl (C=O) groups is 1. The molecule has 1 aliphatic rings. The Morgan fingerprint density at radius 2 is 2.25 bits per heavy atom. The average Bonchev–Trinajstić information content (AvgIpc) is 2.74. The van der Waals surface area contributed by atoms with Crippen molar-refractivity contribution in [1.29, 1.82) is 0 Å². The molecule has 0 saturated carbocycles. The molecular weight excluding hydrogens is 290 g/mol. The third-order valence-corrected chi connectivity index (χ3v) is 3.72. The third-order valence-electron chi connectivity index (χ3n) is 2.28. The molecule has 6 heteroatoms. The van der Waals surface area contributed by atoms with Gasteiger partial charge >= 0.3 is 0 Å². The maximum Gasteiger partial charge on any atom is 0.287 e. The second-order valence-electron chi connectivity index (χ2n) is 3.46. The highest BCUT2D eigenvalue weighted by Gasteiger charge is 2.09. The number of hydrogen-bond donors (Lipinski definition) is 2. The predicted octanol–water partition coefficient (Wildman–Crippen LogP) is 2.39. The molecule has 0 atom stereocenters. The molecule has 1 amide bonds. The topological polar surface area (TPSA) is 57.2 Å². The van der Waals surface area contributed by atoms with E-state index in [1.165, 1.54) is 0 Å². The maximum atomic E-state index is 11.6. The monoisotopic (exact) mass is 301 g/mol. The molecule has 2 heterocycles. The zero-order valence-corrected chi connectivity index (χ0v) is 11.0. The zero-order chi connectivity index (χ0) is 11.4. The fraction of sp³-hybridized carbons (Fsp3) is 0.400. The molecule has 86 valence electrons. The molecule has 16 heavy (non-hydrogen) atoms. The number of H-pyrrole nitrogens is 1. The number of thioether (sulfide) groups is 1. The third kappa shape index (κ3) is 3.12. The summed E-state index contributed by atoms with van der Waals surface area (Å²) in [6.45, 7) is 0. The summed E-state index contributed by atoms with van der Waals surface area (Å²) in [5.41, 5.74) is 4.17. The molecule has 1 saturated heterocycles. The van der Waals surface area contributed by atoms with Crippen molar-refractivity contribution in [3.8, 4) is 0 Å². The van der Waals surface area contributed by atoms with Gasteiger partial charge in [-0.15, -0.1) is 0 Å². The van der Waals surface area contributed by atoms with Gasteiger partial charge in [-0.25, -0.2) is 5.43 Å². The van der Waals surface area contributed by atoms with Crippen molar-refractivity contribution in [2.24, 2.45) is 5.10 Å². The van der Waals surface area contributed by atoms with Gasteiger partial charge in [-0.2, -0.15) is 16.9 Å². The number of aromatic amines is 1. The molecule has 4 nitrogen and oxygen atoms in total. The normalized spacial score (nSPS) is 15.9. The molecule has 0 spiro atoms. The molecule has 1 fully saturated rings. The Balaban J connectivity index is 1.92. The van der Waals surface area contributed by atoms with Gasteiger partial charge in [0.2, 0.25) is 0 Å². The second kappa shape index (κ2) is 5.54. The average molecular weight is 302 g/mol. The number of aromatic nitrogens is 1. The summed E-state index contributed by atoms with van der Waals surface area (Å²) in [5, 5.41) is 4.14. The first kappa shape index (κ1) is 11.7. The van der Waals surface area contributed by atoms with Crippen LogP contribution in [0.25, 0.3) is 0 Å². The van der Waals surface area contributed by atoms with E-state index in [0.717, 1.165) is 34.5 Å². The number of amides is 1. The Morgan fingerprint density at radius 3 is 2.88 bits per heavy atom. The molecule has 1 aliphatic heterocycles. The first-order chi connectivity index (χ1) is 7.75. The van der Waals surface area contributed by atoms with Crippen molar-refractivity contribution in [1.82, 2.24) is 10.4 Å². The summed E-state index contributed by atoms with van der Waals surface area (Å²) in [6.07, 6.45) is 3.66. The Morgan fingerprint density at radius 1 is 1.50 bits per heavy atom. The van der Waals surface area contributed by atoms with Crippen LogP contribution in [0.4, 0.5) is 0 Å². The van der Waals surface area contributed by atoms with Crippen LogP contribution in [-0.2, 0) is 0 Å². The SMILES string of the molecule is O=C(NN=C1CCSCC1)c1cc(Br)c[nH]1. The number of hydrazone groups is 1. The fourth-order valence-corrected chi connectivity index (χ4v) is 2.72. The van der Waals surface area contributed by atoms with Crippen LogP contribution < -0.4 is 5.43 Å². The van der Waals surface area contributed by atoms with Crippen molar-refractivity contribution in [2.75, 3.05) is 11.5 Å². The van der Waals surface area contributed by atoms with E-state index >= 15 is 0 Å². The van der Waals surface area contributed by atoms with Gasteiger partial charge in [0, 0.05) is 16.4 Å². The van der Waals surface area contributed by atoms with Gasteiger partial charge < -0.3 is 4.98 Å². The predicted molar refractivity (Wildman–Crippen MR) is 70.0 cm³/mol. The summed E-state index contributed by atoms with van der Waals surface area (Å²) >= 11 is 5.21. The molecule has 0 radical (unpaired) electrons. The van der Waals surface area contributed by atoms with E-state index in [0.29, 0.717) is 5.69 Å². The molecule has 2 N–H and O–H groups in total. The van der Waals surface area contributed by atoms with Crippen molar-refractivity contribution < 1.29 is 4.79 Å². The number of halogens is 1. The summed E-state index contributed by atoms with van der Waals surface area (Å²) in [4.78, 5) is 14.5.